The Morgan fingerprint density at radius 3 is 2.75 bits per heavy atom. The number of benzene rings is 2. The van der Waals surface area contributed by atoms with E-state index in [1.165, 1.54) is 0 Å². The lowest BCUT2D eigenvalue weighted by Crippen LogP contribution is -2.14. The van der Waals surface area contributed by atoms with Crippen molar-refractivity contribution >= 4 is 17.4 Å². The molecule has 2 aromatic carbocycles. The summed E-state index contributed by atoms with van der Waals surface area (Å²) in [5, 5.41) is 0.656. The van der Waals surface area contributed by atoms with Crippen LogP contribution in [-0.4, -0.2) is 5.78 Å². The highest BCUT2D eigenvalue weighted by Gasteiger charge is 2.41. The zero-order valence-electron chi connectivity index (χ0n) is 10.8. The van der Waals surface area contributed by atoms with Crippen molar-refractivity contribution in [3.05, 3.63) is 75.5 Å². The van der Waals surface area contributed by atoms with Gasteiger partial charge in [-0.05, 0) is 30.7 Å². The maximum atomic E-state index is 12.6. The van der Waals surface area contributed by atoms with Crippen LogP contribution in [0, 0.1) is 0 Å². The van der Waals surface area contributed by atoms with E-state index in [2.05, 4.69) is 0 Å². The van der Waals surface area contributed by atoms with Gasteiger partial charge in [-0.25, -0.2) is 0 Å². The third-order valence-electron chi connectivity index (χ3n) is 3.97. The summed E-state index contributed by atoms with van der Waals surface area (Å²) in [6.45, 7) is 1.85. The third kappa shape index (κ3) is 1.43. The minimum absolute atomic E-state index is 0.0545. The van der Waals surface area contributed by atoms with Crippen molar-refractivity contribution < 1.29 is 9.53 Å². The molecule has 2 aliphatic rings. The van der Waals surface area contributed by atoms with Crippen LogP contribution < -0.4 is 4.74 Å². The second-order valence-corrected chi connectivity index (χ2v) is 5.54. The van der Waals surface area contributed by atoms with Gasteiger partial charge < -0.3 is 4.74 Å². The minimum atomic E-state index is -0.0545. The Hall–Kier alpha value is -2.06. The summed E-state index contributed by atoms with van der Waals surface area (Å²) in [5.41, 5.74) is 3.51. The van der Waals surface area contributed by atoms with E-state index >= 15 is 0 Å². The molecule has 0 spiro atoms. The molecular weight excluding hydrogens is 272 g/mol. The number of ketones is 1. The van der Waals surface area contributed by atoms with Crippen molar-refractivity contribution in [2.24, 2.45) is 0 Å². The Kier molecular flexibility index (Phi) is 2.33. The van der Waals surface area contributed by atoms with Crippen LogP contribution in [0.25, 0.3) is 0 Å². The maximum absolute atomic E-state index is 12.6. The molecule has 0 fully saturated rings. The molecular formula is C17H11ClO2. The molecule has 0 aromatic heterocycles. The first-order valence-electron chi connectivity index (χ1n) is 6.48. The lowest BCUT2D eigenvalue weighted by molar-refractivity contribution is 0.103. The number of fused-ring (bicyclic) bond motifs is 5. The molecule has 3 heteroatoms. The van der Waals surface area contributed by atoms with Crippen LogP contribution >= 0.6 is 11.6 Å². The summed E-state index contributed by atoms with van der Waals surface area (Å²) < 4.78 is 5.80. The Labute approximate surface area is 121 Å². The van der Waals surface area contributed by atoms with Crippen molar-refractivity contribution in [3.63, 3.8) is 0 Å². The van der Waals surface area contributed by atoms with Gasteiger partial charge in [0.15, 0.2) is 5.78 Å². The first-order valence-corrected chi connectivity index (χ1v) is 6.86. The van der Waals surface area contributed by atoms with Gasteiger partial charge in [0, 0.05) is 22.1 Å². The lowest BCUT2D eigenvalue weighted by Gasteiger charge is -2.25. The second kappa shape index (κ2) is 3.97. The van der Waals surface area contributed by atoms with Crippen LogP contribution in [0.15, 0.2) is 53.8 Å². The van der Waals surface area contributed by atoms with Crippen molar-refractivity contribution in [3.8, 4) is 5.75 Å². The molecule has 1 aliphatic heterocycles. The standard InChI is InChI=1S/C17H11ClO2/c1-9-15-16(11-4-2-3-5-12(11)17(15)19)13-8-10(18)6-7-14(13)20-9/h2-8,16H,1H3. The average Bonchev–Trinajstić information content (AvgIpc) is 2.75. The molecule has 2 nitrogen and oxygen atoms in total. The number of carbonyl (C=O) groups excluding carboxylic acids is 1. The minimum Gasteiger partial charge on any atom is -0.461 e. The maximum Gasteiger partial charge on any atom is 0.193 e. The van der Waals surface area contributed by atoms with Crippen molar-refractivity contribution in [2.45, 2.75) is 12.8 Å². The Balaban J connectivity index is 2.05. The van der Waals surface area contributed by atoms with Gasteiger partial charge in [-0.1, -0.05) is 35.9 Å². The van der Waals surface area contributed by atoms with E-state index in [0.717, 1.165) is 28.0 Å². The smallest absolute Gasteiger partial charge is 0.193 e. The Bertz CT molecular complexity index is 789. The van der Waals surface area contributed by atoms with Crippen LogP contribution in [0.3, 0.4) is 0 Å². The van der Waals surface area contributed by atoms with Crippen LogP contribution in [0.4, 0.5) is 0 Å². The monoisotopic (exact) mass is 282 g/mol. The van der Waals surface area contributed by atoms with E-state index in [0.29, 0.717) is 10.8 Å². The van der Waals surface area contributed by atoms with Crippen LogP contribution in [0.1, 0.15) is 34.3 Å². The zero-order chi connectivity index (χ0) is 13.9. The van der Waals surface area contributed by atoms with Gasteiger partial charge in [0.25, 0.3) is 0 Å². The normalized spacial score (nSPS) is 19.3. The van der Waals surface area contributed by atoms with Gasteiger partial charge in [-0.15, -0.1) is 0 Å². The third-order valence-corrected chi connectivity index (χ3v) is 4.21. The van der Waals surface area contributed by atoms with E-state index in [1.54, 1.807) is 6.07 Å². The highest BCUT2D eigenvalue weighted by molar-refractivity contribution is 6.30. The highest BCUT2D eigenvalue weighted by Crippen LogP contribution is 2.49. The number of Topliss-reactive ketones (excluding diaryl/α,β-unsaturated/α-hetero) is 1. The van der Waals surface area contributed by atoms with Crippen LogP contribution in [0.2, 0.25) is 5.02 Å². The molecule has 1 heterocycles. The van der Waals surface area contributed by atoms with Crippen LogP contribution in [0.5, 0.6) is 5.75 Å². The fourth-order valence-corrected chi connectivity index (χ4v) is 3.31. The molecule has 2 aromatic rings. The zero-order valence-corrected chi connectivity index (χ0v) is 11.6. The number of ether oxygens (including phenoxy) is 1. The van der Waals surface area contributed by atoms with Gasteiger partial charge >= 0.3 is 0 Å². The molecule has 0 radical (unpaired) electrons. The summed E-state index contributed by atoms with van der Waals surface area (Å²) in [4.78, 5) is 12.6. The van der Waals surface area contributed by atoms with Crippen molar-refractivity contribution in [1.29, 1.82) is 0 Å². The van der Waals surface area contributed by atoms with E-state index < -0.39 is 0 Å². The molecule has 0 bridgehead atoms. The first-order chi connectivity index (χ1) is 9.66. The first kappa shape index (κ1) is 11.7. The number of hydrogen-bond acceptors (Lipinski definition) is 2. The van der Waals surface area contributed by atoms with Gasteiger partial charge in [-0.3, -0.25) is 4.79 Å². The van der Waals surface area contributed by atoms with Gasteiger partial charge in [0.2, 0.25) is 0 Å². The number of rotatable bonds is 0. The fraction of sp³-hybridized carbons (Fsp3) is 0.118. The summed E-state index contributed by atoms with van der Waals surface area (Å²) >= 11 is 6.11. The summed E-state index contributed by atoms with van der Waals surface area (Å²) in [6.07, 6.45) is 0. The molecule has 1 unspecified atom stereocenters. The number of carbonyl (C=O) groups is 1. The molecule has 0 N–H and O–H groups in total. The fourth-order valence-electron chi connectivity index (χ4n) is 3.13. The molecule has 98 valence electrons. The van der Waals surface area contributed by atoms with E-state index in [9.17, 15) is 4.79 Å². The second-order valence-electron chi connectivity index (χ2n) is 5.10. The SMILES string of the molecule is CC1=C2C(=O)c3ccccc3C2c2cc(Cl)ccc2O1. The molecule has 4 rings (SSSR count). The Morgan fingerprint density at radius 2 is 1.90 bits per heavy atom. The molecule has 20 heavy (non-hydrogen) atoms. The number of hydrogen-bond donors (Lipinski definition) is 0. The number of allylic oxidation sites excluding steroid dienone is 2. The molecule has 0 saturated heterocycles. The predicted molar refractivity (Wildman–Crippen MR) is 77.4 cm³/mol. The van der Waals surface area contributed by atoms with Crippen molar-refractivity contribution in [1.82, 2.24) is 0 Å². The molecule has 0 saturated carbocycles. The largest absolute Gasteiger partial charge is 0.461 e. The van der Waals surface area contributed by atoms with E-state index in [1.807, 2.05) is 43.3 Å². The van der Waals surface area contributed by atoms with Gasteiger partial charge in [-0.2, -0.15) is 0 Å². The highest BCUT2D eigenvalue weighted by atomic mass is 35.5. The van der Waals surface area contributed by atoms with E-state index in [4.69, 9.17) is 16.3 Å². The lowest BCUT2D eigenvalue weighted by atomic mass is 9.87. The van der Waals surface area contributed by atoms with Gasteiger partial charge in [0.05, 0.1) is 5.57 Å². The summed E-state index contributed by atoms with van der Waals surface area (Å²) in [6, 6.07) is 13.3. The Morgan fingerprint density at radius 1 is 1.10 bits per heavy atom. The van der Waals surface area contributed by atoms with Gasteiger partial charge in [0.1, 0.15) is 11.5 Å². The predicted octanol–water partition coefficient (Wildman–Crippen LogP) is 4.33. The molecule has 1 atom stereocenters. The van der Waals surface area contributed by atoms with E-state index in [-0.39, 0.29) is 11.7 Å². The van der Waals surface area contributed by atoms with Crippen LogP contribution in [-0.2, 0) is 0 Å². The molecule has 0 amide bonds. The average molecular weight is 283 g/mol. The van der Waals surface area contributed by atoms with Crippen molar-refractivity contribution in [2.75, 3.05) is 0 Å². The molecule has 1 aliphatic carbocycles. The quantitative estimate of drug-likeness (QED) is 0.719. The number of halogens is 1. The summed E-state index contributed by atoms with van der Waals surface area (Å²) in [7, 11) is 0. The topological polar surface area (TPSA) is 26.3 Å². The summed E-state index contributed by atoms with van der Waals surface area (Å²) in [5.74, 6) is 1.48.